The fraction of sp³-hybridized carbons (Fsp3) is 0.257. The van der Waals surface area contributed by atoms with E-state index in [1.165, 1.54) is 14.2 Å². The molecule has 1 N–H and O–H groups in total. The minimum atomic E-state index is -2.22. The van der Waals surface area contributed by atoms with E-state index in [1.807, 2.05) is 84.9 Å². The Morgan fingerprint density at radius 2 is 1.45 bits per heavy atom. The van der Waals surface area contributed by atoms with Gasteiger partial charge in [0.15, 0.2) is 5.60 Å². The van der Waals surface area contributed by atoms with E-state index in [0.29, 0.717) is 39.7 Å². The zero-order valence-electron chi connectivity index (χ0n) is 24.6. The number of aliphatic imine (C=N–C) groups is 1. The molecule has 0 unspecified atom stereocenters. The van der Waals surface area contributed by atoms with Gasteiger partial charge in [0.25, 0.3) is 0 Å². The number of nitrogens with zero attached hydrogens (tertiary/aromatic N) is 1. The van der Waals surface area contributed by atoms with E-state index in [-0.39, 0.29) is 5.90 Å². The third-order valence-corrected chi connectivity index (χ3v) is 9.04. The van der Waals surface area contributed by atoms with Gasteiger partial charge in [0, 0.05) is 23.3 Å². The van der Waals surface area contributed by atoms with E-state index < -0.39 is 34.7 Å². The van der Waals surface area contributed by atoms with Crippen molar-refractivity contribution in [2.45, 2.75) is 22.8 Å². The van der Waals surface area contributed by atoms with Gasteiger partial charge in [0.1, 0.15) is 28.9 Å². The first kappa shape index (κ1) is 27.8. The average molecular weight is 594 g/mol. The summed E-state index contributed by atoms with van der Waals surface area (Å²) < 4.78 is 36.6. The zero-order valence-corrected chi connectivity index (χ0v) is 24.6. The molecule has 3 aliphatic rings. The molecule has 7 rings (SSSR count). The second kappa shape index (κ2) is 10.0. The molecule has 9 nitrogen and oxygen atoms in total. The van der Waals surface area contributed by atoms with Gasteiger partial charge in [-0.15, -0.1) is 0 Å². The Balaban J connectivity index is 1.64. The fourth-order valence-electron chi connectivity index (χ4n) is 7.30. The van der Waals surface area contributed by atoms with Crippen molar-refractivity contribution in [1.29, 1.82) is 0 Å². The van der Waals surface area contributed by atoms with Crippen LogP contribution in [0.5, 0.6) is 23.0 Å². The smallest absolute Gasteiger partial charge is 0.314 e. The molecule has 0 saturated heterocycles. The number of aliphatic hydroxyl groups is 1. The third-order valence-electron chi connectivity index (χ3n) is 9.04. The van der Waals surface area contributed by atoms with Crippen LogP contribution in [-0.2, 0) is 25.5 Å². The predicted octanol–water partition coefficient (Wildman–Crippen LogP) is 4.95. The van der Waals surface area contributed by atoms with Gasteiger partial charge < -0.3 is 33.5 Å². The molecular weight excluding hydrogens is 562 g/mol. The molecule has 5 atom stereocenters. The lowest BCUT2D eigenvalue weighted by Gasteiger charge is -2.42. The molecule has 1 aliphatic carbocycles. The number of carbonyl (C=O) groups is 1. The number of rotatable bonds is 7. The molecule has 0 amide bonds. The zero-order chi connectivity index (χ0) is 30.7. The molecule has 1 fully saturated rings. The highest BCUT2D eigenvalue weighted by atomic mass is 16.6. The van der Waals surface area contributed by atoms with Crippen molar-refractivity contribution in [3.63, 3.8) is 0 Å². The molecule has 4 aromatic rings. The summed E-state index contributed by atoms with van der Waals surface area (Å²) in [5.74, 6) is -0.816. The molecule has 4 aromatic carbocycles. The van der Waals surface area contributed by atoms with E-state index in [2.05, 4.69) is 0 Å². The summed E-state index contributed by atoms with van der Waals surface area (Å²) >= 11 is 0. The van der Waals surface area contributed by atoms with Crippen molar-refractivity contribution in [1.82, 2.24) is 0 Å². The van der Waals surface area contributed by atoms with Crippen LogP contribution < -0.4 is 18.9 Å². The van der Waals surface area contributed by atoms with Crippen molar-refractivity contribution in [3.8, 4) is 23.0 Å². The summed E-state index contributed by atoms with van der Waals surface area (Å²) in [6.07, 6.45) is 0. The molecule has 1 saturated carbocycles. The first-order valence-electron chi connectivity index (χ1n) is 14.2. The Morgan fingerprint density at radius 3 is 2.07 bits per heavy atom. The van der Waals surface area contributed by atoms with Gasteiger partial charge in [-0.05, 0) is 29.8 Å². The molecule has 0 bridgehead atoms. The Morgan fingerprint density at radius 1 is 0.795 bits per heavy atom. The van der Waals surface area contributed by atoms with E-state index >= 15 is 0 Å². The van der Waals surface area contributed by atoms with E-state index in [4.69, 9.17) is 33.4 Å². The van der Waals surface area contributed by atoms with Crippen molar-refractivity contribution >= 4 is 11.9 Å². The summed E-state index contributed by atoms with van der Waals surface area (Å²) in [4.78, 5) is 18.9. The highest BCUT2D eigenvalue weighted by Crippen LogP contribution is 2.77. The lowest BCUT2D eigenvalue weighted by atomic mass is 9.70. The molecule has 9 heteroatoms. The first-order valence-corrected chi connectivity index (χ1v) is 14.2. The molecule has 0 aromatic heterocycles. The van der Waals surface area contributed by atoms with Gasteiger partial charge in [-0.3, -0.25) is 4.79 Å². The number of methoxy groups -OCH3 is 4. The normalized spacial score (nSPS) is 27.6. The Kier molecular flexibility index (Phi) is 6.33. The molecule has 2 aliphatic heterocycles. The van der Waals surface area contributed by atoms with Crippen molar-refractivity contribution in [2.75, 3.05) is 28.4 Å². The van der Waals surface area contributed by atoms with Gasteiger partial charge in [-0.1, -0.05) is 60.7 Å². The van der Waals surface area contributed by atoms with Crippen molar-refractivity contribution in [2.24, 2.45) is 10.9 Å². The van der Waals surface area contributed by atoms with Crippen LogP contribution in [0.3, 0.4) is 0 Å². The maximum atomic E-state index is 14.0. The van der Waals surface area contributed by atoms with Gasteiger partial charge in [-0.25, -0.2) is 4.99 Å². The molecule has 0 radical (unpaired) electrons. The number of ether oxygens (including phenoxy) is 6. The van der Waals surface area contributed by atoms with Crippen molar-refractivity contribution < 1.29 is 38.3 Å². The minimum absolute atomic E-state index is 0.153. The van der Waals surface area contributed by atoms with Crippen LogP contribution in [0.25, 0.3) is 0 Å². The van der Waals surface area contributed by atoms with Gasteiger partial charge in [0.2, 0.25) is 17.2 Å². The van der Waals surface area contributed by atoms with Crippen LogP contribution >= 0.6 is 0 Å². The minimum Gasteiger partial charge on any atom is -0.497 e. The molecule has 224 valence electrons. The topological polar surface area (TPSA) is 105 Å². The quantitative estimate of drug-likeness (QED) is 0.300. The first-order chi connectivity index (χ1) is 21.4. The Hall–Kier alpha value is -5.02. The number of esters is 1. The Labute approximate surface area is 254 Å². The van der Waals surface area contributed by atoms with E-state index in [1.54, 1.807) is 26.4 Å². The molecular formula is C35H31NO8. The number of benzene rings is 4. The second-order valence-corrected chi connectivity index (χ2v) is 11.0. The summed E-state index contributed by atoms with van der Waals surface area (Å²) in [6, 6.07) is 29.4. The predicted molar refractivity (Wildman–Crippen MR) is 160 cm³/mol. The monoisotopic (exact) mass is 593 g/mol. The maximum absolute atomic E-state index is 14.0. The third kappa shape index (κ3) is 3.44. The maximum Gasteiger partial charge on any atom is 0.314 e. The lowest BCUT2D eigenvalue weighted by molar-refractivity contribution is -0.180. The SMILES string of the molecule is COC(=O)[C@@H]1[C@@H](c2ccccc2)[C@]2(c3ccc(OC)cc3)Oc3cc(OC)cc(OC)c3[C@@]23OC(c2ccccc2)=N[C@@]13O. The van der Waals surface area contributed by atoms with Crippen LogP contribution in [0.4, 0.5) is 0 Å². The summed E-state index contributed by atoms with van der Waals surface area (Å²) in [6.45, 7) is 0. The van der Waals surface area contributed by atoms with Gasteiger partial charge in [0.05, 0.1) is 39.9 Å². The van der Waals surface area contributed by atoms with E-state index in [9.17, 15) is 9.90 Å². The number of hydrogen-bond donors (Lipinski definition) is 1. The molecule has 2 heterocycles. The highest BCUT2D eigenvalue weighted by Gasteiger charge is 2.89. The number of fused-ring (bicyclic) bond motifs is 1. The van der Waals surface area contributed by atoms with Crippen LogP contribution in [0.15, 0.2) is 102 Å². The summed E-state index contributed by atoms with van der Waals surface area (Å²) in [7, 11) is 5.95. The second-order valence-electron chi connectivity index (χ2n) is 11.0. The van der Waals surface area contributed by atoms with Crippen LogP contribution in [0.2, 0.25) is 0 Å². The summed E-state index contributed by atoms with van der Waals surface area (Å²) in [5, 5.41) is 13.2. The lowest BCUT2D eigenvalue weighted by Crippen LogP contribution is -2.57. The number of carbonyl (C=O) groups excluding carboxylic acids is 1. The highest BCUT2D eigenvalue weighted by molar-refractivity contribution is 5.98. The van der Waals surface area contributed by atoms with Crippen molar-refractivity contribution in [3.05, 3.63) is 119 Å². The number of hydrogen-bond acceptors (Lipinski definition) is 9. The molecule has 44 heavy (non-hydrogen) atoms. The fourth-order valence-corrected chi connectivity index (χ4v) is 7.30. The van der Waals surface area contributed by atoms with E-state index in [0.717, 1.165) is 5.56 Å². The average Bonchev–Trinajstić information content (AvgIpc) is 3.61. The van der Waals surface area contributed by atoms with Gasteiger partial charge in [-0.2, -0.15) is 0 Å². The standard InChI is InChI=1S/C35H31NO8/c1-39-24-17-15-23(16-18-24)33-28(21-11-7-5-8-12-21)30(32(37)42-4)35(38)34(33,44-31(36-35)22-13-9-6-10-14-22)29-26(41-3)19-25(40-2)20-27(29)43-33/h5-20,28,30,38H,1-4H3/t28-,30+,33+,34-,35-/m1/s1. The Bertz CT molecular complexity index is 1760. The van der Waals surface area contributed by atoms with Crippen LogP contribution in [-0.4, -0.2) is 51.1 Å². The van der Waals surface area contributed by atoms with Crippen LogP contribution in [0, 0.1) is 5.92 Å². The molecule has 1 spiro atoms. The van der Waals surface area contributed by atoms with Gasteiger partial charge >= 0.3 is 5.97 Å². The summed E-state index contributed by atoms with van der Waals surface area (Å²) in [5.41, 5.74) is -3.25. The van der Waals surface area contributed by atoms with Crippen LogP contribution in [0.1, 0.15) is 28.2 Å². The largest absolute Gasteiger partial charge is 0.497 e.